The number of hydrogen-bond acceptors (Lipinski definition) is 6. The normalized spacial score (nSPS) is 16.3. The molecule has 0 radical (unpaired) electrons. The highest BCUT2D eigenvalue weighted by Crippen LogP contribution is 2.16. The molecule has 1 aromatic carbocycles. The Balaban J connectivity index is 0.00000225. The molecule has 0 bridgehead atoms. The van der Waals surface area contributed by atoms with Crippen molar-refractivity contribution in [1.29, 1.82) is 0 Å². The van der Waals surface area contributed by atoms with Crippen molar-refractivity contribution in [2.24, 2.45) is 0 Å². The number of aromatic nitrogens is 2. The van der Waals surface area contributed by atoms with Gasteiger partial charge < -0.3 is 19.9 Å². The fourth-order valence-electron chi connectivity index (χ4n) is 2.48. The largest absolute Gasteiger partial charge is 0.482 e. The van der Waals surface area contributed by atoms with E-state index in [0.29, 0.717) is 24.7 Å². The maximum absolute atomic E-state index is 13.4. The Morgan fingerprint density at radius 3 is 3.04 bits per heavy atom. The van der Waals surface area contributed by atoms with Crippen LogP contribution in [0.4, 0.5) is 4.39 Å². The molecule has 136 valence electrons. The number of halogens is 2. The molecule has 0 spiro atoms. The predicted molar refractivity (Wildman–Crippen MR) is 90.0 cm³/mol. The number of hydrogen-bond donors (Lipinski definition) is 2. The molecule has 1 amide bonds. The summed E-state index contributed by atoms with van der Waals surface area (Å²) in [6.45, 7) is 1.32. The van der Waals surface area contributed by atoms with Crippen molar-refractivity contribution in [2.75, 3.05) is 13.1 Å². The molecule has 9 heteroatoms. The molecule has 1 aliphatic heterocycles. The lowest BCUT2D eigenvalue weighted by Gasteiger charge is -2.09. The van der Waals surface area contributed by atoms with E-state index in [0.717, 1.165) is 19.4 Å². The molecule has 1 saturated heterocycles. The topological polar surface area (TPSA) is 89.3 Å². The first-order chi connectivity index (χ1) is 11.7. The van der Waals surface area contributed by atoms with Gasteiger partial charge in [0.2, 0.25) is 17.6 Å². The summed E-state index contributed by atoms with van der Waals surface area (Å²) < 4.78 is 23.8. The van der Waals surface area contributed by atoms with Gasteiger partial charge in [-0.2, -0.15) is 4.98 Å². The highest BCUT2D eigenvalue weighted by Gasteiger charge is 2.21. The number of benzene rings is 1. The Morgan fingerprint density at radius 1 is 1.44 bits per heavy atom. The molecule has 2 N–H and O–H groups in total. The molecular formula is C16H20ClFN4O3. The second-order valence-electron chi connectivity index (χ2n) is 5.51. The number of carbonyl (C=O) groups excluding carboxylic acids is 1. The Bertz CT molecular complexity index is 692. The number of rotatable bonds is 7. The van der Waals surface area contributed by atoms with Crippen molar-refractivity contribution in [2.45, 2.75) is 31.9 Å². The molecule has 7 nitrogen and oxygen atoms in total. The summed E-state index contributed by atoms with van der Waals surface area (Å²) in [5, 5.41) is 9.75. The standard InChI is InChI=1S/C16H19FN4O3.ClH/c17-11-4-1-2-6-13(11)23-10-14-20-15(24-21-14)7-9-19-16(22)12-5-3-8-18-12;/h1-2,4,6,12,18H,3,5,7-10H2,(H,19,22);1H. The first-order valence-corrected chi connectivity index (χ1v) is 7.92. The van der Waals surface area contributed by atoms with Gasteiger partial charge in [0, 0.05) is 13.0 Å². The Morgan fingerprint density at radius 2 is 2.28 bits per heavy atom. The molecule has 0 aliphatic carbocycles. The lowest BCUT2D eigenvalue weighted by molar-refractivity contribution is -0.122. The third kappa shape index (κ3) is 5.40. The average Bonchev–Trinajstić information content (AvgIpc) is 3.26. The zero-order chi connectivity index (χ0) is 16.8. The molecular weight excluding hydrogens is 351 g/mol. The minimum atomic E-state index is -0.440. The summed E-state index contributed by atoms with van der Waals surface area (Å²) in [5.41, 5.74) is 0. The Labute approximate surface area is 150 Å². The van der Waals surface area contributed by atoms with E-state index in [1.54, 1.807) is 12.1 Å². The second kappa shape index (κ2) is 9.33. The highest BCUT2D eigenvalue weighted by molar-refractivity contribution is 5.85. The lowest BCUT2D eigenvalue weighted by Crippen LogP contribution is -2.41. The molecule has 1 fully saturated rings. The van der Waals surface area contributed by atoms with E-state index < -0.39 is 5.82 Å². The van der Waals surface area contributed by atoms with Crippen LogP contribution in [-0.2, 0) is 17.8 Å². The van der Waals surface area contributed by atoms with Gasteiger partial charge in [0.15, 0.2) is 18.2 Å². The number of amides is 1. The zero-order valence-electron chi connectivity index (χ0n) is 13.5. The van der Waals surface area contributed by atoms with Crippen molar-refractivity contribution in [3.05, 3.63) is 41.8 Å². The first kappa shape index (κ1) is 19.1. The van der Waals surface area contributed by atoms with Gasteiger partial charge in [-0.3, -0.25) is 4.79 Å². The van der Waals surface area contributed by atoms with E-state index in [1.807, 2.05) is 0 Å². The number of para-hydroxylation sites is 1. The van der Waals surface area contributed by atoms with Crippen molar-refractivity contribution in [3.8, 4) is 5.75 Å². The maximum atomic E-state index is 13.4. The molecule has 2 heterocycles. The highest BCUT2D eigenvalue weighted by atomic mass is 35.5. The van der Waals surface area contributed by atoms with E-state index in [1.165, 1.54) is 12.1 Å². The van der Waals surface area contributed by atoms with Gasteiger partial charge in [0.25, 0.3) is 0 Å². The van der Waals surface area contributed by atoms with Crippen LogP contribution in [0, 0.1) is 5.82 Å². The monoisotopic (exact) mass is 370 g/mol. The molecule has 1 aliphatic rings. The third-order valence-corrected chi connectivity index (χ3v) is 3.72. The van der Waals surface area contributed by atoms with Crippen LogP contribution in [0.3, 0.4) is 0 Å². The first-order valence-electron chi connectivity index (χ1n) is 7.92. The minimum Gasteiger partial charge on any atom is -0.482 e. The molecule has 1 aromatic heterocycles. The van der Waals surface area contributed by atoms with Gasteiger partial charge in [-0.1, -0.05) is 17.3 Å². The van der Waals surface area contributed by atoms with Crippen molar-refractivity contribution in [1.82, 2.24) is 20.8 Å². The van der Waals surface area contributed by atoms with Crippen LogP contribution >= 0.6 is 12.4 Å². The van der Waals surface area contributed by atoms with E-state index in [9.17, 15) is 9.18 Å². The molecule has 1 atom stereocenters. The van der Waals surface area contributed by atoms with Gasteiger partial charge in [-0.25, -0.2) is 4.39 Å². The average molecular weight is 371 g/mol. The van der Waals surface area contributed by atoms with E-state index >= 15 is 0 Å². The number of nitrogens with one attached hydrogen (secondary N) is 2. The van der Waals surface area contributed by atoms with Crippen molar-refractivity contribution >= 4 is 18.3 Å². The van der Waals surface area contributed by atoms with Crippen LogP contribution in [0.5, 0.6) is 5.75 Å². The van der Waals surface area contributed by atoms with Crippen LogP contribution in [0.2, 0.25) is 0 Å². The van der Waals surface area contributed by atoms with Gasteiger partial charge >= 0.3 is 0 Å². The van der Waals surface area contributed by atoms with Crippen LogP contribution in [-0.4, -0.2) is 35.2 Å². The summed E-state index contributed by atoms with van der Waals surface area (Å²) >= 11 is 0. The van der Waals surface area contributed by atoms with Crippen LogP contribution in [0.15, 0.2) is 28.8 Å². The molecule has 25 heavy (non-hydrogen) atoms. The van der Waals surface area contributed by atoms with E-state index in [2.05, 4.69) is 20.8 Å². The number of nitrogens with zero attached hydrogens (tertiary/aromatic N) is 2. The molecule has 2 aromatic rings. The SMILES string of the molecule is Cl.O=C(NCCc1nc(COc2ccccc2F)no1)C1CCCN1. The smallest absolute Gasteiger partial charge is 0.237 e. The molecule has 1 unspecified atom stereocenters. The third-order valence-electron chi connectivity index (χ3n) is 3.72. The van der Waals surface area contributed by atoms with Crippen LogP contribution < -0.4 is 15.4 Å². The molecule has 3 rings (SSSR count). The fourth-order valence-corrected chi connectivity index (χ4v) is 2.48. The summed E-state index contributed by atoms with van der Waals surface area (Å²) in [4.78, 5) is 16.0. The second-order valence-corrected chi connectivity index (χ2v) is 5.51. The lowest BCUT2D eigenvalue weighted by atomic mass is 10.2. The Kier molecular flexibility index (Phi) is 7.15. The summed E-state index contributed by atoms with van der Waals surface area (Å²) in [5.74, 6) is 0.429. The number of ether oxygens (including phenoxy) is 1. The minimum absolute atomic E-state index is 0. The van der Waals surface area contributed by atoms with Gasteiger partial charge in [-0.15, -0.1) is 12.4 Å². The van der Waals surface area contributed by atoms with Crippen molar-refractivity contribution in [3.63, 3.8) is 0 Å². The summed E-state index contributed by atoms with van der Waals surface area (Å²) in [6, 6.07) is 6.02. The van der Waals surface area contributed by atoms with Crippen molar-refractivity contribution < 1.29 is 18.4 Å². The molecule has 0 saturated carbocycles. The zero-order valence-corrected chi connectivity index (χ0v) is 14.4. The fraction of sp³-hybridized carbons (Fsp3) is 0.438. The predicted octanol–water partition coefficient (Wildman–Crippen LogP) is 1.62. The van der Waals surface area contributed by atoms with Gasteiger partial charge in [-0.05, 0) is 31.5 Å². The van der Waals surface area contributed by atoms with Crippen LogP contribution in [0.1, 0.15) is 24.6 Å². The summed E-state index contributed by atoms with van der Waals surface area (Å²) in [7, 11) is 0. The van der Waals surface area contributed by atoms with E-state index in [-0.39, 0.29) is 36.7 Å². The number of carbonyl (C=O) groups is 1. The van der Waals surface area contributed by atoms with E-state index in [4.69, 9.17) is 9.26 Å². The maximum Gasteiger partial charge on any atom is 0.237 e. The summed E-state index contributed by atoms with van der Waals surface area (Å²) in [6.07, 6.45) is 2.32. The van der Waals surface area contributed by atoms with Gasteiger partial charge in [0.05, 0.1) is 6.04 Å². The van der Waals surface area contributed by atoms with Crippen LogP contribution in [0.25, 0.3) is 0 Å². The van der Waals surface area contributed by atoms with Gasteiger partial charge in [0.1, 0.15) is 0 Å². The Hall–Kier alpha value is -2.19. The quantitative estimate of drug-likeness (QED) is 0.770.